The van der Waals surface area contributed by atoms with Gasteiger partial charge in [-0.15, -0.1) is 0 Å². The van der Waals surface area contributed by atoms with Gasteiger partial charge in [-0.2, -0.15) is 5.10 Å². The number of ether oxygens (including phenoxy) is 1. The van der Waals surface area contributed by atoms with Gasteiger partial charge >= 0.3 is 5.97 Å². The minimum atomic E-state index is -1.17. The lowest BCUT2D eigenvalue weighted by molar-refractivity contribution is -0.146. The molecule has 2 atom stereocenters. The van der Waals surface area contributed by atoms with E-state index >= 15 is 0 Å². The first-order chi connectivity index (χ1) is 18.5. The summed E-state index contributed by atoms with van der Waals surface area (Å²) in [5, 5.41) is 19.4. The van der Waals surface area contributed by atoms with Crippen LogP contribution < -0.4 is 5.32 Å². The second kappa shape index (κ2) is 9.75. The van der Waals surface area contributed by atoms with Crippen molar-refractivity contribution >= 4 is 18.0 Å². The van der Waals surface area contributed by atoms with E-state index in [4.69, 9.17) is 4.74 Å². The molecule has 39 heavy (non-hydrogen) atoms. The Labute approximate surface area is 227 Å². The maximum Gasteiger partial charge on any atom is 0.330 e. The first-order valence-electron chi connectivity index (χ1n) is 13.2. The van der Waals surface area contributed by atoms with Crippen LogP contribution in [0.15, 0.2) is 60.3 Å². The van der Waals surface area contributed by atoms with Gasteiger partial charge in [-0.25, -0.2) is 13.9 Å². The average molecular weight is 532 g/mol. The molecule has 1 saturated carbocycles. The Balaban J connectivity index is 1.36. The first kappa shape index (κ1) is 26.8. The van der Waals surface area contributed by atoms with Crippen molar-refractivity contribution in [3.8, 4) is 5.69 Å². The molecule has 7 nitrogen and oxygen atoms in total. The van der Waals surface area contributed by atoms with Crippen LogP contribution in [0.5, 0.6) is 0 Å². The zero-order chi connectivity index (χ0) is 28.0. The second-order valence-corrected chi connectivity index (χ2v) is 11.4. The topological polar surface area (TPSA) is 93.4 Å². The van der Waals surface area contributed by atoms with Crippen molar-refractivity contribution in [2.75, 3.05) is 7.11 Å². The summed E-state index contributed by atoms with van der Waals surface area (Å²) in [7, 11) is 1.29. The molecule has 1 fully saturated rings. The molecule has 0 spiro atoms. The highest BCUT2D eigenvalue weighted by Crippen LogP contribution is 2.56. The maximum atomic E-state index is 13.5. The number of aryl methyl sites for hydroxylation is 1. The molecule has 0 bridgehead atoms. The highest BCUT2D eigenvalue weighted by Gasteiger charge is 2.54. The molecule has 5 rings (SSSR count). The predicted octanol–water partition coefficient (Wildman–Crippen LogP) is 4.80. The zero-order valence-electron chi connectivity index (χ0n) is 22.8. The fraction of sp³-hybridized carbons (Fsp3) is 0.387. The number of nitrogens with zero attached hydrogens (tertiary/aromatic N) is 2. The molecular formula is C31H34FN3O4. The molecule has 0 aliphatic heterocycles. The molecule has 1 aromatic heterocycles. The van der Waals surface area contributed by atoms with E-state index in [1.807, 2.05) is 23.0 Å². The molecule has 2 aliphatic rings. The Morgan fingerprint density at radius 3 is 2.62 bits per heavy atom. The van der Waals surface area contributed by atoms with E-state index in [-0.39, 0.29) is 11.7 Å². The number of carbonyl (C=O) groups excluding carboxylic acids is 2. The first-order valence-corrected chi connectivity index (χ1v) is 13.2. The third kappa shape index (κ3) is 4.67. The number of rotatable bonds is 7. The van der Waals surface area contributed by atoms with Crippen molar-refractivity contribution in [2.45, 2.75) is 64.0 Å². The Bertz CT molecular complexity index is 1460. The summed E-state index contributed by atoms with van der Waals surface area (Å²) < 4.78 is 20.1. The minimum Gasteiger partial charge on any atom is -0.467 e. The monoisotopic (exact) mass is 531 g/mol. The summed E-state index contributed by atoms with van der Waals surface area (Å²) in [6.45, 7) is 5.32. The molecule has 2 N–H and O–H groups in total. The number of halogens is 1. The van der Waals surface area contributed by atoms with Gasteiger partial charge in [0.2, 0.25) is 0 Å². The number of nitrogens with one attached hydrogen (secondary N) is 1. The van der Waals surface area contributed by atoms with Gasteiger partial charge in [0, 0.05) is 11.0 Å². The molecule has 8 heteroatoms. The van der Waals surface area contributed by atoms with Crippen LogP contribution in [0.4, 0.5) is 4.39 Å². The van der Waals surface area contributed by atoms with Crippen LogP contribution >= 0.6 is 0 Å². The zero-order valence-corrected chi connectivity index (χ0v) is 22.8. The Morgan fingerprint density at radius 2 is 1.90 bits per heavy atom. The highest BCUT2D eigenvalue weighted by atomic mass is 19.1. The molecule has 3 aromatic rings. The summed E-state index contributed by atoms with van der Waals surface area (Å²) in [5.74, 6) is -1.18. The van der Waals surface area contributed by atoms with Crippen LogP contribution in [-0.4, -0.2) is 45.0 Å². The fourth-order valence-corrected chi connectivity index (χ4v) is 6.08. The van der Waals surface area contributed by atoms with Gasteiger partial charge in [0.1, 0.15) is 11.4 Å². The lowest BCUT2D eigenvalue weighted by Gasteiger charge is -2.42. The van der Waals surface area contributed by atoms with Crippen molar-refractivity contribution in [1.82, 2.24) is 15.1 Å². The number of fused-ring (bicyclic) bond motifs is 2. The van der Waals surface area contributed by atoms with Crippen LogP contribution in [0.25, 0.3) is 11.8 Å². The van der Waals surface area contributed by atoms with Gasteiger partial charge in [0.15, 0.2) is 0 Å². The number of benzene rings is 2. The minimum absolute atomic E-state index is 0.294. The van der Waals surface area contributed by atoms with E-state index in [0.717, 1.165) is 28.9 Å². The highest BCUT2D eigenvalue weighted by molar-refractivity contribution is 5.99. The quantitative estimate of drug-likeness (QED) is 0.428. The van der Waals surface area contributed by atoms with Crippen LogP contribution in [-0.2, 0) is 22.4 Å². The number of aromatic nitrogens is 2. The molecule has 0 unspecified atom stereocenters. The number of carbonyl (C=O) groups is 2. The van der Waals surface area contributed by atoms with E-state index in [1.54, 1.807) is 38.1 Å². The molecular weight excluding hydrogens is 497 g/mol. The molecule has 2 aliphatic carbocycles. The van der Waals surface area contributed by atoms with Gasteiger partial charge in [-0.3, -0.25) is 4.79 Å². The van der Waals surface area contributed by atoms with Crippen molar-refractivity contribution < 1.29 is 23.8 Å². The number of amides is 1. The molecule has 0 saturated heterocycles. The summed E-state index contributed by atoms with van der Waals surface area (Å²) in [6, 6.07) is 13.6. The van der Waals surface area contributed by atoms with Crippen LogP contribution in [0.3, 0.4) is 0 Å². The lowest BCUT2D eigenvalue weighted by Crippen LogP contribution is -2.50. The number of hydrogen-bond donors (Lipinski definition) is 2. The standard InChI is InChI=1S/C31H34FN3O4/c1-29(2,28(37)39-4)34-27(36)25-8-6-5-7-20(25)13-15-31(38)16-14-22-17-26-21(18-30(22,31)3)19-33-35(26)24-11-9-23(32)10-12-24/h5-12,17,19,38H,13-16,18H2,1-4H3,(H,34,36)/t30-,31-/m0/s1. The van der Waals surface area contributed by atoms with Crippen molar-refractivity contribution in [3.63, 3.8) is 0 Å². The van der Waals surface area contributed by atoms with Gasteiger partial charge in [-0.05, 0) is 93.5 Å². The third-order valence-electron chi connectivity index (χ3n) is 8.55. The molecule has 2 aromatic carbocycles. The van der Waals surface area contributed by atoms with E-state index < -0.39 is 22.5 Å². The molecule has 1 amide bonds. The number of esters is 1. The van der Waals surface area contributed by atoms with Crippen LogP contribution in [0, 0.1) is 11.2 Å². The maximum absolute atomic E-state index is 13.5. The average Bonchev–Trinajstić information content (AvgIpc) is 3.43. The van der Waals surface area contributed by atoms with Crippen LogP contribution in [0.2, 0.25) is 0 Å². The Hall–Kier alpha value is -3.78. The number of aliphatic hydroxyl groups is 1. The lowest BCUT2D eigenvalue weighted by atomic mass is 9.65. The van der Waals surface area contributed by atoms with Gasteiger partial charge < -0.3 is 15.2 Å². The second-order valence-electron chi connectivity index (χ2n) is 11.4. The summed E-state index contributed by atoms with van der Waals surface area (Å²) in [6.07, 6.45) is 6.96. The third-order valence-corrected chi connectivity index (χ3v) is 8.55. The van der Waals surface area contributed by atoms with E-state index in [1.165, 1.54) is 24.8 Å². The summed E-state index contributed by atoms with van der Waals surface area (Å²) in [5.41, 5.74) is 2.64. The normalized spacial score (nSPS) is 22.1. The molecule has 0 radical (unpaired) electrons. The number of hydrogen-bond acceptors (Lipinski definition) is 5. The smallest absolute Gasteiger partial charge is 0.330 e. The number of methoxy groups -OCH3 is 1. The van der Waals surface area contributed by atoms with Crippen LogP contribution in [0.1, 0.15) is 67.2 Å². The summed E-state index contributed by atoms with van der Waals surface area (Å²) in [4.78, 5) is 25.2. The molecule has 204 valence electrons. The predicted molar refractivity (Wildman–Crippen MR) is 146 cm³/mol. The Morgan fingerprint density at radius 1 is 1.18 bits per heavy atom. The van der Waals surface area contributed by atoms with Gasteiger partial charge in [0.25, 0.3) is 5.91 Å². The van der Waals surface area contributed by atoms with Crippen molar-refractivity contribution in [2.24, 2.45) is 5.41 Å². The summed E-state index contributed by atoms with van der Waals surface area (Å²) >= 11 is 0. The van der Waals surface area contributed by atoms with E-state index in [0.29, 0.717) is 31.2 Å². The Kier molecular flexibility index (Phi) is 6.71. The van der Waals surface area contributed by atoms with Crippen molar-refractivity contribution in [3.05, 3.63) is 88.5 Å². The van der Waals surface area contributed by atoms with Crippen molar-refractivity contribution in [1.29, 1.82) is 0 Å². The SMILES string of the molecule is COC(=O)C(C)(C)NC(=O)c1ccccc1CC[C@]1(O)CCC2=Cc3c(cnn3-c3ccc(F)cc3)C[C@@]21C. The van der Waals surface area contributed by atoms with E-state index in [9.17, 15) is 19.1 Å². The van der Waals surface area contributed by atoms with E-state index in [2.05, 4.69) is 23.4 Å². The molecule has 1 heterocycles. The fourth-order valence-electron chi connectivity index (χ4n) is 6.08. The largest absolute Gasteiger partial charge is 0.467 e. The van der Waals surface area contributed by atoms with Gasteiger partial charge in [-0.1, -0.05) is 30.7 Å². The van der Waals surface area contributed by atoms with Gasteiger partial charge in [0.05, 0.1) is 30.3 Å².